The van der Waals surface area contributed by atoms with E-state index in [0.717, 1.165) is 6.42 Å². The molecule has 0 aromatic heterocycles. The van der Waals surface area contributed by atoms with Crippen LogP contribution in [0.4, 0.5) is 0 Å². The van der Waals surface area contributed by atoms with E-state index in [0.29, 0.717) is 25.7 Å². The maximum Gasteiger partial charge on any atom is 0.152 e. The van der Waals surface area contributed by atoms with Crippen molar-refractivity contribution in [2.45, 2.75) is 33.2 Å². The van der Waals surface area contributed by atoms with Gasteiger partial charge in [-0.25, -0.2) is 8.42 Å². The first-order chi connectivity index (χ1) is 7.23. The lowest BCUT2D eigenvalue weighted by molar-refractivity contribution is 0.163. The van der Waals surface area contributed by atoms with Gasteiger partial charge >= 0.3 is 0 Å². The average Bonchev–Trinajstić information content (AvgIpc) is 2.13. The molecule has 0 saturated carbocycles. The van der Waals surface area contributed by atoms with Crippen molar-refractivity contribution in [1.29, 1.82) is 0 Å². The van der Waals surface area contributed by atoms with E-state index in [4.69, 9.17) is 5.73 Å². The first-order valence-electron chi connectivity index (χ1n) is 5.88. The van der Waals surface area contributed by atoms with Crippen LogP contribution in [0.1, 0.15) is 27.2 Å². The summed E-state index contributed by atoms with van der Waals surface area (Å²) in [7, 11) is -2.78. The van der Waals surface area contributed by atoms with E-state index in [2.05, 4.69) is 25.7 Å². The Kier molecular flexibility index (Phi) is 4.37. The zero-order valence-corrected chi connectivity index (χ0v) is 11.4. The van der Waals surface area contributed by atoms with Gasteiger partial charge in [-0.2, -0.15) is 0 Å². The van der Waals surface area contributed by atoms with Crippen LogP contribution in [-0.2, 0) is 9.84 Å². The molecule has 1 unspecified atom stereocenters. The quantitative estimate of drug-likeness (QED) is 0.789. The first-order valence-corrected chi connectivity index (χ1v) is 7.70. The molecule has 0 radical (unpaired) electrons. The van der Waals surface area contributed by atoms with E-state index in [1.54, 1.807) is 0 Å². The third kappa shape index (κ3) is 4.39. The van der Waals surface area contributed by atoms with Gasteiger partial charge in [0.25, 0.3) is 0 Å². The number of hydrogen-bond donors (Lipinski definition) is 1. The van der Waals surface area contributed by atoms with E-state index >= 15 is 0 Å². The van der Waals surface area contributed by atoms with E-state index < -0.39 is 9.84 Å². The van der Waals surface area contributed by atoms with Crippen LogP contribution in [0.15, 0.2) is 0 Å². The zero-order chi connectivity index (χ0) is 12.4. The van der Waals surface area contributed by atoms with Gasteiger partial charge in [0.1, 0.15) is 0 Å². The molecule has 1 atom stereocenters. The Hall–Kier alpha value is -0.130. The monoisotopic (exact) mass is 248 g/mol. The van der Waals surface area contributed by atoms with E-state index in [1.807, 2.05) is 0 Å². The second-order valence-corrected chi connectivity index (χ2v) is 8.15. The van der Waals surface area contributed by atoms with Gasteiger partial charge in [0, 0.05) is 25.7 Å². The van der Waals surface area contributed by atoms with E-state index in [-0.39, 0.29) is 16.9 Å². The van der Waals surface area contributed by atoms with Crippen LogP contribution in [0.2, 0.25) is 0 Å². The smallest absolute Gasteiger partial charge is 0.152 e. The fourth-order valence-electron chi connectivity index (χ4n) is 2.16. The molecular weight excluding hydrogens is 224 g/mol. The van der Waals surface area contributed by atoms with Crippen LogP contribution in [0, 0.1) is 5.41 Å². The molecule has 1 fully saturated rings. The molecule has 96 valence electrons. The van der Waals surface area contributed by atoms with Crippen molar-refractivity contribution in [3.63, 3.8) is 0 Å². The molecule has 5 heteroatoms. The zero-order valence-electron chi connectivity index (χ0n) is 10.6. The minimum Gasteiger partial charge on any atom is -0.329 e. The number of nitrogens with two attached hydrogens (primary N) is 1. The molecule has 1 rings (SSSR count). The molecule has 0 amide bonds. The van der Waals surface area contributed by atoms with Crippen molar-refractivity contribution in [3.05, 3.63) is 0 Å². The van der Waals surface area contributed by atoms with Crippen LogP contribution < -0.4 is 5.73 Å². The Bertz CT molecular complexity index is 305. The van der Waals surface area contributed by atoms with Gasteiger partial charge in [0.2, 0.25) is 0 Å². The lowest BCUT2D eigenvalue weighted by atomic mass is 9.87. The SMILES string of the molecule is CC(C)(C)CC(CN)N1CCS(=O)(=O)CC1. The summed E-state index contributed by atoms with van der Waals surface area (Å²) in [6.45, 7) is 8.46. The fourth-order valence-corrected chi connectivity index (χ4v) is 3.39. The molecule has 2 N–H and O–H groups in total. The molecular formula is C11H24N2O2S. The van der Waals surface area contributed by atoms with Crippen molar-refractivity contribution in [2.75, 3.05) is 31.1 Å². The molecule has 1 aliphatic heterocycles. The lowest BCUT2D eigenvalue weighted by Crippen LogP contribution is -2.50. The van der Waals surface area contributed by atoms with Gasteiger partial charge < -0.3 is 5.73 Å². The van der Waals surface area contributed by atoms with Crippen LogP contribution in [0.3, 0.4) is 0 Å². The summed E-state index contributed by atoms with van der Waals surface area (Å²) in [5.74, 6) is 0.571. The molecule has 0 spiro atoms. The first kappa shape index (κ1) is 13.9. The maximum absolute atomic E-state index is 11.3. The topological polar surface area (TPSA) is 63.4 Å². The van der Waals surface area contributed by atoms with Gasteiger partial charge in [0.15, 0.2) is 9.84 Å². The van der Waals surface area contributed by atoms with Crippen LogP contribution in [0.25, 0.3) is 0 Å². The summed E-state index contributed by atoms with van der Waals surface area (Å²) in [5, 5.41) is 0. The highest BCUT2D eigenvalue weighted by atomic mass is 32.2. The van der Waals surface area contributed by atoms with Gasteiger partial charge in [-0.05, 0) is 11.8 Å². The van der Waals surface area contributed by atoms with Crippen LogP contribution >= 0.6 is 0 Å². The fraction of sp³-hybridized carbons (Fsp3) is 1.00. The third-order valence-corrected chi connectivity index (χ3v) is 4.62. The Balaban J connectivity index is 2.56. The summed E-state index contributed by atoms with van der Waals surface area (Å²) in [4.78, 5) is 2.23. The largest absolute Gasteiger partial charge is 0.329 e. The molecule has 1 aliphatic rings. The van der Waals surface area contributed by atoms with Crippen LogP contribution in [0.5, 0.6) is 0 Å². The van der Waals surface area contributed by atoms with Crippen molar-refractivity contribution in [3.8, 4) is 0 Å². The molecule has 0 bridgehead atoms. The summed E-state index contributed by atoms with van der Waals surface area (Å²) in [6.07, 6.45) is 1.02. The highest BCUT2D eigenvalue weighted by Gasteiger charge is 2.28. The van der Waals surface area contributed by atoms with Crippen molar-refractivity contribution in [2.24, 2.45) is 11.1 Å². The summed E-state index contributed by atoms with van der Waals surface area (Å²) in [6, 6.07) is 0.315. The highest BCUT2D eigenvalue weighted by Crippen LogP contribution is 2.24. The van der Waals surface area contributed by atoms with Gasteiger partial charge in [-0.1, -0.05) is 20.8 Å². The Morgan fingerprint density at radius 3 is 2.12 bits per heavy atom. The Morgan fingerprint density at radius 1 is 1.25 bits per heavy atom. The molecule has 4 nitrogen and oxygen atoms in total. The van der Waals surface area contributed by atoms with Crippen molar-refractivity contribution in [1.82, 2.24) is 4.90 Å². The standard InChI is InChI=1S/C11H24N2O2S/c1-11(2,3)8-10(9-12)13-4-6-16(14,15)7-5-13/h10H,4-9,12H2,1-3H3. The van der Waals surface area contributed by atoms with Gasteiger partial charge in [0.05, 0.1) is 11.5 Å². The number of rotatable bonds is 3. The summed E-state index contributed by atoms with van der Waals surface area (Å²) in [5.41, 5.74) is 6.02. The third-order valence-electron chi connectivity index (χ3n) is 3.02. The molecule has 16 heavy (non-hydrogen) atoms. The highest BCUT2D eigenvalue weighted by molar-refractivity contribution is 7.91. The summed E-state index contributed by atoms with van der Waals surface area (Å²) < 4.78 is 22.7. The van der Waals surface area contributed by atoms with Crippen LogP contribution in [-0.4, -0.2) is 50.5 Å². The van der Waals surface area contributed by atoms with Crippen molar-refractivity contribution >= 4 is 9.84 Å². The van der Waals surface area contributed by atoms with E-state index in [1.165, 1.54) is 0 Å². The Labute approximate surface area is 99.1 Å². The second-order valence-electron chi connectivity index (χ2n) is 5.84. The number of sulfone groups is 1. The van der Waals surface area contributed by atoms with Crippen molar-refractivity contribution < 1.29 is 8.42 Å². The molecule has 0 aliphatic carbocycles. The molecule has 1 saturated heterocycles. The molecule has 0 aromatic carbocycles. The Morgan fingerprint density at radius 2 is 1.75 bits per heavy atom. The average molecular weight is 248 g/mol. The van der Waals surface area contributed by atoms with Gasteiger partial charge in [-0.15, -0.1) is 0 Å². The number of hydrogen-bond acceptors (Lipinski definition) is 4. The maximum atomic E-state index is 11.3. The molecule has 0 aromatic rings. The predicted octanol–water partition coefficient (Wildman–Crippen LogP) is 0.480. The molecule has 1 heterocycles. The van der Waals surface area contributed by atoms with Gasteiger partial charge in [-0.3, -0.25) is 4.90 Å². The minimum absolute atomic E-state index is 0.236. The van der Waals surface area contributed by atoms with E-state index in [9.17, 15) is 8.42 Å². The lowest BCUT2D eigenvalue weighted by Gasteiger charge is -2.37. The normalized spacial score (nSPS) is 24.2. The second kappa shape index (κ2) is 5.02. The summed E-state index contributed by atoms with van der Waals surface area (Å²) >= 11 is 0. The predicted molar refractivity (Wildman–Crippen MR) is 67.1 cm³/mol. The number of nitrogens with zero attached hydrogens (tertiary/aromatic N) is 1. The minimum atomic E-state index is -2.78.